The Labute approximate surface area is 118 Å². The van der Waals surface area contributed by atoms with Crippen LogP contribution in [0, 0.1) is 0 Å². The van der Waals surface area contributed by atoms with Gasteiger partial charge in [0, 0.05) is 18.5 Å². The van der Waals surface area contributed by atoms with E-state index in [1.165, 1.54) is 11.1 Å². The highest BCUT2D eigenvalue weighted by molar-refractivity contribution is 7.07. The average Bonchev–Trinajstić information content (AvgIpc) is 3.11. The van der Waals surface area contributed by atoms with Gasteiger partial charge in [-0.1, -0.05) is 30.3 Å². The molecule has 1 atom stereocenters. The zero-order valence-corrected chi connectivity index (χ0v) is 11.8. The van der Waals surface area contributed by atoms with Gasteiger partial charge in [-0.2, -0.15) is 11.3 Å². The van der Waals surface area contributed by atoms with Crippen LogP contribution in [-0.4, -0.2) is 29.7 Å². The zero-order chi connectivity index (χ0) is 13.1. The van der Waals surface area contributed by atoms with Crippen molar-refractivity contribution in [3.63, 3.8) is 0 Å². The van der Waals surface area contributed by atoms with Gasteiger partial charge < -0.3 is 5.11 Å². The number of aliphatic hydroxyl groups is 1. The molecule has 3 heteroatoms. The van der Waals surface area contributed by atoms with Crippen molar-refractivity contribution in [3.05, 3.63) is 58.3 Å². The summed E-state index contributed by atoms with van der Waals surface area (Å²) in [5, 5.41) is 14.2. The van der Waals surface area contributed by atoms with Crippen LogP contribution in [0.2, 0.25) is 0 Å². The van der Waals surface area contributed by atoms with Crippen LogP contribution in [0.15, 0.2) is 47.2 Å². The number of nitrogens with zero attached hydrogens (tertiary/aromatic N) is 1. The van der Waals surface area contributed by atoms with Gasteiger partial charge in [0.15, 0.2) is 0 Å². The second-order valence-electron chi connectivity index (χ2n) is 5.40. The smallest absolute Gasteiger partial charge is 0.0540 e. The van der Waals surface area contributed by atoms with Gasteiger partial charge in [-0.25, -0.2) is 0 Å². The number of aliphatic hydroxyl groups excluding tert-OH is 1. The van der Waals surface area contributed by atoms with Gasteiger partial charge in [0.2, 0.25) is 0 Å². The molecule has 1 N–H and O–H groups in total. The first-order valence-electron chi connectivity index (χ1n) is 6.72. The van der Waals surface area contributed by atoms with Crippen molar-refractivity contribution in [1.82, 2.24) is 4.90 Å². The first-order valence-corrected chi connectivity index (χ1v) is 7.66. The average molecular weight is 273 g/mol. The van der Waals surface area contributed by atoms with E-state index in [-0.39, 0.29) is 12.0 Å². The molecule has 0 spiro atoms. The van der Waals surface area contributed by atoms with E-state index < -0.39 is 0 Å². The molecule has 1 unspecified atom stereocenters. The first kappa shape index (κ1) is 12.9. The lowest BCUT2D eigenvalue weighted by Gasteiger charge is -2.27. The quantitative estimate of drug-likeness (QED) is 0.926. The van der Waals surface area contributed by atoms with E-state index in [1.807, 2.05) is 6.07 Å². The van der Waals surface area contributed by atoms with Gasteiger partial charge in [0.05, 0.1) is 6.61 Å². The lowest BCUT2D eigenvalue weighted by atomic mass is 9.80. The number of hydrogen-bond donors (Lipinski definition) is 1. The maximum absolute atomic E-state index is 9.89. The number of benzene rings is 1. The molecular weight excluding hydrogens is 254 g/mol. The Balaban J connectivity index is 1.75. The molecule has 19 heavy (non-hydrogen) atoms. The molecule has 1 fully saturated rings. The van der Waals surface area contributed by atoms with Crippen molar-refractivity contribution in [1.29, 1.82) is 0 Å². The van der Waals surface area contributed by atoms with Crippen molar-refractivity contribution < 1.29 is 5.11 Å². The summed E-state index contributed by atoms with van der Waals surface area (Å²) in [5.41, 5.74) is 2.58. The SMILES string of the molecule is OCC1(c2ccccc2)CCN(Cc2ccsc2)C1. The predicted octanol–water partition coefficient (Wildman–Crippen LogP) is 2.88. The molecular formula is C16H19NOS. The Kier molecular flexibility index (Phi) is 3.69. The highest BCUT2D eigenvalue weighted by Crippen LogP contribution is 2.34. The number of rotatable bonds is 4. The van der Waals surface area contributed by atoms with Gasteiger partial charge in [0.25, 0.3) is 0 Å². The van der Waals surface area contributed by atoms with Crippen molar-refractivity contribution in [2.45, 2.75) is 18.4 Å². The monoisotopic (exact) mass is 273 g/mol. The molecule has 1 aromatic heterocycles. The molecule has 2 aromatic rings. The summed E-state index contributed by atoms with van der Waals surface area (Å²) >= 11 is 1.75. The fraction of sp³-hybridized carbons (Fsp3) is 0.375. The van der Waals surface area contributed by atoms with Crippen molar-refractivity contribution in [2.24, 2.45) is 0 Å². The van der Waals surface area contributed by atoms with E-state index in [2.05, 4.69) is 46.0 Å². The van der Waals surface area contributed by atoms with Crippen LogP contribution in [0.1, 0.15) is 17.5 Å². The Morgan fingerprint density at radius 2 is 2.05 bits per heavy atom. The van der Waals surface area contributed by atoms with Gasteiger partial charge >= 0.3 is 0 Å². The van der Waals surface area contributed by atoms with Crippen LogP contribution >= 0.6 is 11.3 Å². The van der Waals surface area contributed by atoms with E-state index in [1.54, 1.807) is 11.3 Å². The minimum atomic E-state index is -0.0721. The zero-order valence-electron chi connectivity index (χ0n) is 11.0. The molecule has 100 valence electrons. The molecule has 2 nitrogen and oxygen atoms in total. The second kappa shape index (κ2) is 5.45. The summed E-state index contributed by atoms with van der Waals surface area (Å²) in [6.45, 7) is 3.24. The lowest BCUT2D eigenvalue weighted by molar-refractivity contribution is 0.188. The van der Waals surface area contributed by atoms with Crippen molar-refractivity contribution in [2.75, 3.05) is 19.7 Å². The van der Waals surface area contributed by atoms with Crippen LogP contribution in [-0.2, 0) is 12.0 Å². The molecule has 0 saturated carbocycles. The van der Waals surface area contributed by atoms with Gasteiger partial charge in [-0.3, -0.25) is 4.90 Å². The Morgan fingerprint density at radius 1 is 1.21 bits per heavy atom. The molecule has 1 aliphatic rings. The van der Waals surface area contributed by atoms with Crippen molar-refractivity contribution in [3.8, 4) is 0 Å². The van der Waals surface area contributed by atoms with Crippen LogP contribution in [0.25, 0.3) is 0 Å². The third kappa shape index (κ3) is 2.59. The minimum Gasteiger partial charge on any atom is -0.395 e. The molecule has 1 saturated heterocycles. The summed E-state index contributed by atoms with van der Waals surface area (Å²) in [5.74, 6) is 0. The minimum absolute atomic E-state index is 0.0721. The van der Waals surface area contributed by atoms with Crippen LogP contribution < -0.4 is 0 Å². The molecule has 0 aliphatic carbocycles. The number of likely N-dealkylation sites (tertiary alicyclic amines) is 1. The highest BCUT2D eigenvalue weighted by Gasteiger charge is 2.38. The molecule has 0 amide bonds. The van der Waals surface area contributed by atoms with E-state index in [0.29, 0.717) is 0 Å². The standard InChI is InChI=1S/C16H19NOS/c18-13-16(15-4-2-1-3-5-15)7-8-17(12-16)10-14-6-9-19-11-14/h1-6,9,11,18H,7-8,10,12-13H2. The summed E-state index contributed by atoms with van der Waals surface area (Å²) in [7, 11) is 0. The van der Waals surface area contributed by atoms with E-state index in [4.69, 9.17) is 0 Å². The van der Waals surface area contributed by atoms with Gasteiger partial charge in [0.1, 0.15) is 0 Å². The Bertz CT molecular complexity index is 511. The highest BCUT2D eigenvalue weighted by atomic mass is 32.1. The summed E-state index contributed by atoms with van der Waals surface area (Å²) in [4.78, 5) is 2.45. The summed E-state index contributed by atoms with van der Waals surface area (Å²) in [6.07, 6.45) is 1.04. The summed E-state index contributed by atoms with van der Waals surface area (Å²) in [6, 6.07) is 12.6. The second-order valence-corrected chi connectivity index (χ2v) is 6.18. The topological polar surface area (TPSA) is 23.5 Å². The largest absolute Gasteiger partial charge is 0.395 e. The lowest BCUT2D eigenvalue weighted by Crippen LogP contribution is -2.34. The van der Waals surface area contributed by atoms with Gasteiger partial charge in [-0.05, 0) is 40.9 Å². The van der Waals surface area contributed by atoms with E-state index in [9.17, 15) is 5.11 Å². The van der Waals surface area contributed by atoms with Gasteiger partial charge in [-0.15, -0.1) is 0 Å². The van der Waals surface area contributed by atoms with E-state index >= 15 is 0 Å². The fourth-order valence-electron chi connectivity index (χ4n) is 2.98. The maximum atomic E-state index is 9.89. The fourth-order valence-corrected chi connectivity index (χ4v) is 3.64. The van der Waals surface area contributed by atoms with Crippen LogP contribution in [0.5, 0.6) is 0 Å². The van der Waals surface area contributed by atoms with Crippen molar-refractivity contribution >= 4 is 11.3 Å². The van der Waals surface area contributed by atoms with E-state index in [0.717, 1.165) is 26.1 Å². The molecule has 3 rings (SSSR count). The van der Waals surface area contributed by atoms with Crippen LogP contribution in [0.4, 0.5) is 0 Å². The Hall–Kier alpha value is -1.16. The molecule has 2 heterocycles. The first-order chi connectivity index (χ1) is 9.32. The third-order valence-electron chi connectivity index (χ3n) is 4.11. The number of thiophene rings is 1. The summed E-state index contributed by atoms with van der Waals surface area (Å²) < 4.78 is 0. The number of hydrogen-bond acceptors (Lipinski definition) is 3. The Morgan fingerprint density at radius 3 is 2.74 bits per heavy atom. The molecule has 1 aliphatic heterocycles. The molecule has 1 aromatic carbocycles. The maximum Gasteiger partial charge on any atom is 0.0540 e. The third-order valence-corrected chi connectivity index (χ3v) is 4.84. The predicted molar refractivity (Wildman–Crippen MR) is 79.4 cm³/mol. The molecule has 0 radical (unpaired) electrons. The van der Waals surface area contributed by atoms with Crippen LogP contribution in [0.3, 0.4) is 0 Å². The normalized spacial score (nSPS) is 23.8. The molecule has 0 bridgehead atoms.